The molecule has 2 rings (SSSR count). The molecule has 0 aliphatic carbocycles. The lowest BCUT2D eigenvalue weighted by Gasteiger charge is -2.36. The van der Waals surface area contributed by atoms with Gasteiger partial charge in [-0.05, 0) is 32.0 Å². The van der Waals surface area contributed by atoms with Crippen LogP contribution in [0.15, 0.2) is 18.2 Å². The van der Waals surface area contributed by atoms with E-state index in [1.807, 2.05) is 4.90 Å². The van der Waals surface area contributed by atoms with Gasteiger partial charge in [0.15, 0.2) is 0 Å². The fraction of sp³-hybridized carbons (Fsp3) is 0.500. The van der Waals surface area contributed by atoms with Crippen molar-refractivity contribution in [2.75, 3.05) is 38.1 Å². The van der Waals surface area contributed by atoms with Gasteiger partial charge in [0, 0.05) is 26.2 Å². The molecule has 1 N–H and O–H groups in total. The highest BCUT2D eigenvalue weighted by molar-refractivity contribution is 6.33. The molecule has 1 aromatic rings. The quantitative estimate of drug-likeness (QED) is 0.899. The van der Waals surface area contributed by atoms with Crippen LogP contribution in [0.5, 0.6) is 0 Å². The molecule has 1 aliphatic heterocycles. The van der Waals surface area contributed by atoms with Gasteiger partial charge in [-0.1, -0.05) is 11.6 Å². The van der Waals surface area contributed by atoms with Gasteiger partial charge < -0.3 is 15.0 Å². The third kappa shape index (κ3) is 4.58. The van der Waals surface area contributed by atoms with Crippen LogP contribution in [0.2, 0.25) is 5.02 Å². The summed E-state index contributed by atoms with van der Waals surface area (Å²) >= 11 is 5.92. The SMILES string of the molecule is CCOC(=O)N1CCN([C@H](C)C(=O)Nc2ccc(F)cc2Cl)CC1. The highest BCUT2D eigenvalue weighted by Gasteiger charge is 2.28. The minimum absolute atomic E-state index is 0.155. The van der Waals surface area contributed by atoms with E-state index in [0.717, 1.165) is 6.07 Å². The number of halogens is 2. The van der Waals surface area contributed by atoms with Gasteiger partial charge in [-0.25, -0.2) is 9.18 Å². The lowest BCUT2D eigenvalue weighted by atomic mass is 10.2. The van der Waals surface area contributed by atoms with Crippen molar-refractivity contribution in [3.63, 3.8) is 0 Å². The molecule has 6 nitrogen and oxygen atoms in total. The number of ether oxygens (including phenoxy) is 1. The zero-order chi connectivity index (χ0) is 17.7. The lowest BCUT2D eigenvalue weighted by Crippen LogP contribution is -2.54. The number of hydrogen-bond acceptors (Lipinski definition) is 4. The Bertz CT molecular complexity index is 606. The second-order valence-corrected chi connectivity index (χ2v) is 5.92. The van der Waals surface area contributed by atoms with Crippen molar-refractivity contribution in [2.24, 2.45) is 0 Å². The van der Waals surface area contributed by atoms with Gasteiger partial charge in [-0.2, -0.15) is 0 Å². The largest absolute Gasteiger partial charge is 0.450 e. The van der Waals surface area contributed by atoms with E-state index in [4.69, 9.17) is 16.3 Å². The summed E-state index contributed by atoms with van der Waals surface area (Å²) in [5.74, 6) is -0.686. The number of carbonyl (C=O) groups excluding carboxylic acids is 2. The normalized spacial score (nSPS) is 16.6. The molecule has 0 radical (unpaired) electrons. The number of anilines is 1. The van der Waals surface area contributed by atoms with Crippen LogP contribution in [0.25, 0.3) is 0 Å². The molecule has 1 aromatic carbocycles. The average Bonchev–Trinajstić information content (AvgIpc) is 2.57. The maximum absolute atomic E-state index is 13.0. The molecule has 2 amide bonds. The number of carbonyl (C=O) groups is 2. The average molecular weight is 358 g/mol. The lowest BCUT2D eigenvalue weighted by molar-refractivity contribution is -0.121. The van der Waals surface area contributed by atoms with E-state index >= 15 is 0 Å². The van der Waals surface area contributed by atoms with Crippen LogP contribution in [0, 0.1) is 5.82 Å². The third-order valence-corrected chi connectivity index (χ3v) is 4.27. The Labute approximate surface area is 145 Å². The maximum atomic E-state index is 13.0. The highest BCUT2D eigenvalue weighted by Crippen LogP contribution is 2.23. The Hall–Kier alpha value is -1.86. The first-order valence-electron chi connectivity index (χ1n) is 7.84. The third-order valence-electron chi connectivity index (χ3n) is 3.96. The first-order valence-corrected chi connectivity index (χ1v) is 8.21. The van der Waals surface area contributed by atoms with Crippen LogP contribution in [0.3, 0.4) is 0 Å². The van der Waals surface area contributed by atoms with Gasteiger partial charge in [-0.15, -0.1) is 0 Å². The number of nitrogens with one attached hydrogen (secondary N) is 1. The van der Waals surface area contributed by atoms with Gasteiger partial charge in [0.25, 0.3) is 0 Å². The fourth-order valence-corrected chi connectivity index (χ4v) is 2.71. The summed E-state index contributed by atoms with van der Waals surface area (Å²) in [6.07, 6.45) is -0.327. The molecule has 132 valence electrons. The summed E-state index contributed by atoms with van der Waals surface area (Å²) in [7, 11) is 0. The smallest absolute Gasteiger partial charge is 0.409 e. The number of hydrogen-bond donors (Lipinski definition) is 1. The van der Waals surface area contributed by atoms with Gasteiger partial charge in [0.1, 0.15) is 5.82 Å². The maximum Gasteiger partial charge on any atom is 0.409 e. The highest BCUT2D eigenvalue weighted by atomic mass is 35.5. The molecule has 0 aromatic heterocycles. The first-order chi connectivity index (χ1) is 11.4. The number of benzene rings is 1. The van der Waals surface area contributed by atoms with Crippen molar-refractivity contribution in [1.29, 1.82) is 0 Å². The first kappa shape index (κ1) is 18.5. The van der Waals surface area contributed by atoms with Gasteiger partial charge in [0.05, 0.1) is 23.4 Å². The van der Waals surface area contributed by atoms with Crippen molar-refractivity contribution in [1.82, 2.24) is 9.80 Å². The van der Waals surface area contributed by atoms with Crippen molar-refractivity contribution in [3.05, 3.63) is 29.0 Å². The predicted octanol–water partition coefficient (Wildman–Crippen LogP) is 2.58. The molecule has 0 bridgehead atoms. The standard InChI is InChI=1S/C16H21ClFN3O3/c1-3-24-16(23)21-8-6-20(7-9-21)11(2)15(22)19-14-5-4-12(18)10-13(14)17/h4-5,10-11H,3,6-9H2,1-2H3,(H,19,22)/t11-/m1/s1. The van der Waals surface area contributed by atoms with E-state index in [0.29, 0.717) is 38.5 Å². The molecule has 1 saturated heterocycles. The summed E-state index contributed by atoms with van der Waals surface area (Å²) in [5, 5.41) is 2.86. The summed E-state index contributed by atoms with van der Waals surface area (Å²) in [6.45, 7) is 6.06. The summed E-state index contributed by atoms with van der Waals surface area (Å²) in [6, 6.07) is 3.43. The number of piperazine rings is 1. The zero-order valence-electron chi connectivity index (χ0n) is 13.7. The molecule has 0 saturated carbocycles. The Morgan fingerprint density at radius 3 is 2.58 bits per heavy atom. The van der Waals surface area contributed by atoms with Crippen molar-refractivity contribution in [2.45, 2.75) is 19.9 Å². The monoisotopic (exact) mass is 357 g/mol. The second-order valence-electron chi connectivity index (χ2n) is 5.51. The second kappa shape index (κ2) is 8.30. The Balaban J connectivity index is 1.89. The van der Waals surface area contributed by atoms with E-state index in [9.17, 15) is 14.0 Å². The molecule has 8 heteroatoms. The molecule has 0 spiro atoms. The van der Waals surface area contributed by atoms with Crippen LogP contribution in [-0.4, -0.2) is 60.6 Å². The Morgan fingerprint density at radius 1 is 1.33 bits per heavy atom. The van der Waals surface area contributed by atoms with Gasteiger partial charge in [0.2, 0.25) is 5.91 Å². The molecule has 1 heterocycles. The van der Waals surface area contributed by atoms with Crippen LogP contribution in [0.4, 0.5) is 14.9 Å². The summed E-state index contributed by atoms with van der Waals surface area (Å²) in [5.41, 5.74) is 0.375. The minimum Gasteiger partial charge on any atom is -0.450 e. The molecular weight excluding hydrogens is 337 g/mol. The van der Waals surface area contributed by atoms with E-state index < -0.39 is 11.9 Å². The molecular formula is C16H21ClFN3O3. The summed E-state index contributed by atoms with van der Waals surface area (Å²) in [4.78, 5) is 27.6. The molecule has 24 heavy (non-hydrogen) atoms. The van der Waals surface area contributed by atoms with Gasteiger partial charge >= 0.3 is 6.09 Å². The number of amides is 2. The Kier molecular flexibility index (Phi) is 6.39. The van der Waals surface area contributed by atoms with E-state index in [2.05, 4.69) is 5.32 Å². The Morgan fingerprint density at radius 2 is 2.00 bits per heavy atom. The van der Waals surface area contributed by atoms with Gasteiger partial charge in [-0.3, -0.25) is 9.69 Å². The number of rotatable bonds is 4. The van der Waals surface area contributed by atoms with Crippen LogP contribution < -0.4 is 5.32 Å². The van der Waals surface area contributed by atoms with Crippen LogP contribution in [0.1, 0.15) is 13.8 Å². The molecule has 1 fully saturated rings. The topological polar surface area (TPSA) is 61.9 Å². The van der Waals surface area contributed by atoms with E-state index in [1.165, 1.54) is 12.1 Å². The van der Waals surface area contributed by atoms with Crippen molar-refractivity contribution in [3.8, 4) is 0 Å². The molecule has 0 unspecified atom stereocenters. The number of nitrogens with zero attached hydrogens (tertiary/aromatic N) is 2. The van der Waals surface area contributed by atoms with E-state index in [1.54, 1.807) is 18.7 Å². The predicted molar refractivity (Wildman–Crippen MR) is 89.7 cm³/mol. The zero-order valence-corrected chi connectivity index (χ0v) is 14.5. The van der Waals surface area contributed by atoms with Crippen molar-refractivity contribution >= 4 is 29.3 Å². The molecule has 1 aliphatic rings. The van der Waals surface area contributed by atoms with Crippen LogP contribution >= 0.6 is 11.6 Å². The minimum atomic E-state index is -0.457. The van der Waals surface area contributed by atoms with Crippen molar-refractivity contribution < 1.29 is 18.7 Å². The summed E-state index contributed by atoms with van der Waals surface area (Å²) < 4.78 is 18.0. The van der Waals surface area contributed by atoms with Crippen LogP contribution in [-0.2, 0) is 9.53 Å². The van der Waals surface area contributed by atoms with E-state index in [-0.39, 0.29) is 17.0 Å². The molecule has 1 atom stereocenters. The fourth-order valence-electron chi connectivity index (χ4n) is 2.50.